The first-order chi connectivity index (χ1) is 22.4. The second-order valence-corrected chi connectivity index (χ2v) is 14.6. The Kier molecular flexibility index (Phi) is 12.7. The minimum absolute atomic E-state index is 0. The van der Waals surface area contributed by atoms with Gasteiger partial charge in [0.25, 0.3) is 0 Å². The van der Waals surface area contributed by atoms with Gasteiger partial charge in [-0.15, -0.1) is 0 Å². The van der Waals surface area contributed by atoms with Crippen LogP contribution in [0, 0.1) is 0 Å². The van der Waals surface area contributed by atoms with Gasteiger partial charge in [-0.3, -0.25) is 22.9 Å². The van der Waals surface area contributed by atoms with Gasteiger partial charge in [0.05, 0.1) is 19.5 Å². The van der Waals surface area contributed by atoms with Gasteiger partial charge in [0.15, 0.2) is 23.9 Å². The Bertz CT molecular complexity index is 1750. The molecule has 0 spiro atoms. The molecule has 49 heavy (non-hydrogen) atoms. The number of carbonyl (C=O) groups excluding carboxylic acids is 1. The maximum atomic E-state index is 12.6. The monoisotopic (exact) mass is 769 g/mol. The summed E-state index contributed by atoms with van der Waals surface area (Å²) in [6, 6.07) is 0. The van der Waals surface area contributed by atoms with Gasteiger partial charge in [0.2, 0.25) is 5.91 Å². The second kappa shape index (κ2) is 15.5. The number of phosphoric ester groups is 3. The number of hydrogen-bond acceptors (Lipinski definition) is 18. The number of fused-ring (bicyclic) bond motifs is 1. The van der Waals surface area contributed by atoms with E-state index < -0.39 is 91.7 Å². The molecule has 0 aromatic carbocycles. The van der Waals surface area contributed by atoms with E-state index >= 15 is 0 Å². The van der Waals surface area contributed by atoms with Crippen molar-refractivity contribution >= 4 is 46.4 Å². The summed E-state index contributed by atoms with van der Waals surface area (Å²) < 4.78 is 67.2. The molecule has 0 aliphatic carbocycles. The summed E-state index contributed by atoms with van der Waals surface area (Å²) in [6.45, 7) is -2.02. The van der Waals surface area contributed by atoms with Gasteiger partial charge in [0, 0.05) is 18.0 Å². The SMILES string of the molecule is NC(=O)C1=CN([C@@H]2O[C@H](COP(=O)(O)OP(=O)(O)OC[C@H]3O[C@@H](n4cnc5c(N)ncnc54)[C@H](OP(=O)(O)O)[C@@H]3O)[C@@H](O)[C@H]2O)C=CC1.[H-].[Na+]. The number of hydrogen-bond donors (Lipinski definition) is 9. The summed E-state index contributed by atoms with van der Waals surface area (Å²) in [6.07, 6.45) is -6.47. The first-order valence-electron chi connectivity index (χ1n) is 13.5. The third-order valence-corrected chi connectivity index (χ3v) is 10.2. The van der Waals surface area contributed by atoms with Crippen molar-refractivity contribution in [1.82, 2.24) is 24.4 Å². The van der Waals surface area contributed by atoms with Crippen LogP contribution in [0.15, 0.2) is 36.7 Å². The zero-order valence-electron chi connectivity index (χ0n) is 26.1. The van der Waals surface area contributed by atoms with Crippen molar-refractivity contribution < 1.29 is 112 Å². The van der Waals surface area contributed by atoms with Crippen molar-refractivity contribution in [3.63, 3.8) is 0 Å². The van der Waals surface area contributed by atoms with Crippen LogP contribution in [-0.2, 0) is 45.8 Å². The Morgan fingerprint density at radius 3 is 2.18 bits per heavy atom. The van der Waals surface area contributed by atoms with Crippen molar-refractivity contribution in [2.75, 3.05) is 18.9 Å². The molecule has 0 saturated carbocycles. The summed E-state index contributed by atoms with van der Waals surface area (Å²) in [7, 11) is -16.3. The number of aromatic nitrogens is 4. The minimum atomic E-state index is -5.52. The van der Waals surface area contributed by atoms with E-state index in [0.717, 1.165) is 17.2 Å². The van der Waals surface area contributed by atoms with Gasteiger partial charge >= 0.3 is 53.0 Å². The number of rotatable bonds is 13. The molecule has 3 aliphatic heterocycles. The third kappa shape index (κ3) is 9.39. The molecule has 2 unspecified atom stereocenters. The van der Waals surface area contributed by atoms with E-state index in [1.165, 1.54) is 23.4 Å². The van der Waals surface area contributed by atoms with Gasteiger partial charge in [-0.1, -0.05) is 6.08 Å². The molecule has 28 heteroatoms. The van der Waals surface area contributed by atoms with Gasteiger partial charge < -0.3 is 62.2 Å². The molecule has 1 amide bonds. The van der Waals surface area contributed by atoms with Crippen LogP contribution in [0.5, 0.6) is 0 Å². The van der Waals surface area contributed by atoms with Crippen LogP contribution in [0.25, 0.3) is 11.2 Å². The number of phosphoric acid groups is 3. The molecule has 10 atom stereocenters. The number of anilines is 1. The van der Waals surface area contributed by atoms with Crippen LogP contribution in [0.2, 0.25) is 0 Å². The number of nitrogens with two attached hydrogens (primary N) is 2. The number of amides is 1. The molecule has 2 aromatic heterocycles. The van der Waals surface area contributed by atoms with Crippen molar-refractivity contribution in [1.29, 1.82) is 0 Å². The van der Waals surface area contributed by atoms with Gasteiger partial charge in [0.1, 0.15) is 48.5 Å². The topological polar surface area (TPSA) is 364 Å². The Morgan fingerprint density at radius 1 is 0.959 bits per heavy atom. The van der Waals surface area contributed by atoms with Gasteiger partial charge in [-0.05, 0) is 6.42 Å². The van der Waals surface area contributed by atoms with E-state index in [2.05, 4.69) is 23.8 Å². The minimum Gasteiger partial charge on any atom is -1.00 e. The number of ether oxygens (including phenoxy) is 2. The number of carbonyl (C=O) groups is 1. The first-order valence-corrected chi connectivity index (χ1v) is 18.0. The number of nitrogens with zero attached hydrogens (tertiary/aromatic N) is 5. The predicted molar refractivity (Wildman–Crippen MR) is 154 cm³/mol. The fourth-order valence-corrected chi connectivity index (χ4v) is 7.57. The Labute approximate surface area is 298 Å². The van der Waals surface area contributed by atoms with E-state index in [9.17, 15) is 53.4 Å². The number of aliphatic hydroxyl groups excluding tert-OH is 3. The molecule has 268 valence electrons. The molecule has 0 radical (unpaired) electrons. The normalized spacial score (nSPS) is 31.2. The summed E-state index contributed by atoms with van der Waals surface area (Å²) >= 11 is 0. The standard InChI is InChI=1S/C21H30N7O17P3.Na.H/c22-17-12-19(25-7-24-17)28(8-26-12)21-16(44-46(33,34)35)14(30)11(43-21)6-41-48(38,39)45-47(36,37)40-5-10-13(29)15(31)20(42-10)27-3-1-2-9(4-27)18(23)32;;/h1,3-4,7-8,10-11,13-16,20-21,29-31H,2,5-6H2,(H2,23,32)(H,36,37)(H,38,39)(H2,22,24,25)(H2,33,34,35);;/q;+1;-1/t10-,11-,13-,14-,15-,16-,20-,21-;;/m1../s1. The predicted octanol–water partition coefficient (Wildman–Crippen LogP) is -5.45. The maximum absolute atomic E-state index is 12.6. The smallest absolute Gasteiger partial charge is 1.00 e. The molecule has 2 aromatic rings. The average Bonchev–Trinajstić information content (AvgIpc) is 3.64. The molecule has 2 saturated heterocycles. The van der Waals surface area contributed by atoms with Crippen LogP contribution >= 0.6 is 23.5 Å². The number of primary amides is 1. The van der Waals surface area contributed by atoms with E-state index in [1.807, 2.05) is 0 Å². The third-order valence-electron chi connectivity index (χ3n) is 7.11. The van der Waals surface area contributed by atoms with E-state index in [1.54, 1.807) is 0 Å². The Balaban J connectivity index is 0.00000338. The zero-order valence-corrected chi connectivity index (χ0v) is 29.8. The molecular weight excluding hydrogens is 738 g/mol. The van der Waals surface area contributed by atoms with Crippen LogP contribution < -0.4 is 41.0 Å². The molecule has 24 nitrogen and oxygen atoms in total. The summed E-state index contributed by atoms with van der Waals surface area (Å²) in [5.41, 5.74) is 11.3. The summed E-state index contributed by atoms with van der Waals surface area (Å²) in [5, 5.41) is 31.5. The molecular formula is C21H31N7NaO17P3. The largest absolute Gasteiger partial charge is 1.00 e. The maximum Gasteiger partial charge on any atom is 1.00 e. The Morgan fingerprint density at radius 2 is 1.57 bits per heavy atom. The quantitative estimate of drug-likeness (QED) is 0.0678. The van der Waals surface area contributed by atoms with Crippen LogP contribution in [0.1, 0.15) is 14.1 Å². The van der Waals surface area contributed by atoms with Crippen LogP contribution in [0.3, 0.4) is 0 Å². The van der Waals surface area contributed by atoms with Crippen LogP contribution in [-0.4, -0.2) is 121 Å². The number of aliphatic hydroxyl groups is 3. The van der Waals surface area contributed by atoms with Crippen molar-refractivity contribution in [3.8, 4) is 0 Å². The van der Waals surface area contributed by atoms with E-state index in [4.69, 9.17) is 30.0 Å². The van der Waals surface area contributed by atoms with Crippen molar-refractivity contribution in [2.45, 2.75) is 55.5 Å². The van der Waals surface area contributed by atoms with E-state index in [-0.39, 0.29) is 60.0 Å². The first kappa shape index (κ1) is 40.0. The summed E-state index contributed by atoms with van der Waals surface area (Å²) in [5.74, 6) is -0.791. The molecule has 3 aliphatic rings. The number of allylic oxidation sites excluding steroid dienone is 1. The second-order valence-electron chi connectivity index (χ2n) is 10.4. The van der Waals surface area contributed by atoms with E-state index in [0.29, 0.717) is 0 Å². The number of nitrogen functional groups attached to an aromatic ring is 1. The van der Waals surface area contributed by atoms with Crippen LogP contribution in [0.4, 0.5) is 5.82 Å². The van der Waals surface area contributed by atoms with Crippen molar-refractivity contribution in [3.05, 3.63) is 36.7 Å². The molecule has 2 fully saturated rings. The van der Waals surface area contributed by atoms with Gasteiger partial charge in [-0.2, -0.15) is 4.31 Å². The molecule has 5 rings (SSSR count). The fraction of sp³-hybridized carbons (Fsp3) is 0.524. The molecule has 11 N–H and O–H groups in total. The number of imidazole rings is 1. The van der Waals surface area contributed by atoms with Crippen molar-refractivity contribution in [2.24, 2.45) is 5.73 Å². The van der Waals surface area contributed by atoms with Gasteiger partial charge in [-0.25, -0.2) is 28.6 Å². The molecule has 0 bridgehead atoms. The Hall–Kier alpha value is -1.73. The zero-order chi connectivity index (χ0) is 35.2. The summed E-state index contributed by atoms with van der Waals surface area (Å²) in [4.78, 5) is 63.4. The average molecular weight is 769 g/mol. The fourth-order valence-electron chi connectivity index (χ4n) is 4.93. The molecule has 5 heterocycles.